The van der Waals surface area contributed by atoms with Gasteiger partial charge in [-0.25, -0.2) is 18.4 Å². The van der Waals surface area contributed by atoms with Gasteiger partial charge in [0.15, 0.2) is 0 Å². The van der Waals surface area contributed by atoms with Gasteiger partial charge in [-0.3, -0.25) is 0 Å². The van der Waals surface area contributed by atoms with Gasteiger partial charge in [0.05, 0.1) is 5.52 Å². The number of allylic oxidation sites excluding steroid dienone is 1. The topological polar surface area (TPSA) is 72.4 Å². The summed E-state index contributed by atoms with van der Waals surface area (Å²) < 4.78 is 28.7. The smallest absolute Gasteiger partial charge is 0.247 e. The van der Waals surface area contributed by atoms with E-state index in [0.717, 1.165) is 23.9 Å². The molecular weight excluding hydrogens is 302 g/mol. The molecule has 2 heterocycles. The third kappa shape index (κ3) is 3.09. The molecule has 0 N–H and O–H groups in total. The molecular formula is C15H15N3O3S. The van der Waals surface area contributed by atoms with E-state index < -0.39 is 9.84 Å². The Labute approximate surface area is 128 Å². The summed E-state index contributed by atoms with van der Waals surface area (Å²) in [7, 11) is -1.43. The Morgan fingerprint density at radius 1 is 1.32 bits per heavy atom. The number of hydrogen-bond acceptors (Lipinski definition) is 6. The molecule has 6 nitrogen and oxygen atoms in total. The molecule has 0 saturated carbocycles. The van der Waals surface area contributed by atoms with Crippen LogP contribution in [0, 0.1) is 0 Å². The largest absolute Gasteiger partial charge is 0.458 e. The molecule has 1 aliphatic rings. The van der Waals surface area contributed by atoms with Gasteiger partial charge in [0.25, 0.3) is 0 Å². The highest BCUT2D eigenvalue weighted by molar-refractivity contribution is 7.90. The SMILES string of the molecule is CN1C=CC(Oc2ccc3nc(S(C)(=O)=O)ncc3c2)=CC1. The molecule has 0 amide bonds. The summed E-state index contributed by atoms with van der Waals surface area (Å²) in [4.78, 5) is 9.98. The molecule has 1 aliphatic heterocycles. The van der Waals surface area contributed by atoms with E-state index in [-0.39, 0.29) is 5.16 Å². The van der Waals surface area contributed by atoms with Crippen LogP contribution >= 0.6 is 0 Å². The number of nitrogens with zero attached hydrogens (tertiary/aromatic N) is 3. The summed E-state index contributed by atoms with van der Waals surface area (Å²) >= 11 is 0. The van der Waals surface area contributed by atoms with Gasteiger partial charge in [0.2, 0.25) is 15.0 Å². The van der Waals surface area contributed by atoms with E-state index in [9.17, 15) is 8.42 Å². The standard InChI is InChI=1S/C15H15N3O3S/c1-18-7-5-12(6-8-18)21-13-3-4-14-11(9-13)10-16-15(17-14)22(2,19)20/h3-7,9-10H,8H2,1-2H3. The average Bonchev–Trinajstić information content (AvgIpc) is 2.48. The Hall–Kier alpha value is -2.41. The molecule has 1 aromatic heterocycles. The maximum atomic E-state index is 11.5. The summed E-state index contributed by atoms with van der Waals surface area (Å²) in [6.45, 7) is 0.792. The van der Waals surface area contributed by atoms with Gasteiger partial charge < -0.3 is 9.64 Å². The Balaban J connectivity index is 1.89. The van der Waals surface area contributed by atoms with E-state index in [1.807, 2.05) is 30.3 Å². The normalized spacial score (nSPS) is 15.0. The number of rotatable bonds is 3. The maximum Gasteiger partial charge on any atom is 0.247 e. The second-order valence-electron chi connectivity index (χ2n) is 5.11. The fourth-order valence-electron chi connectivity index (χ4n) is 2.01. The van der Waals surface area contributed by atoms with Crippen molar-refractivity contribution in [2.75, 3.05) is 19.8 Å². The van der Waals surface area contributed by atoms with E-state index in [1.54, 1.807) is 18.2 Å². The third-order valence-corrected chi connectivity index (χ3v) is 4.03. The highest BCUT2D eigenvalue weighted by Gasteiger charge is 2.12. The number of hydrogen-bond donors (Lipinski definition) is 0. The Bertz CT molecular complexity index is 888. The van der Waals surface area contributed by atoms with Crippen molar-refractivity contribution in [1.82, 2.24) is 14.9 Å². The fourth-order valence-corrected chi connectivity index (χ4v) is 2.52. The van der Waals surface area contributed by atoms with Crippen LogP contribution < -0.4 is 4.74 Å². The van der Waals surface area contributed by atoms with Gasteiger partial charge in [-0.2, -0.15) is 0 Å². The first-order chi connectivity index (χ1) is 10.4. The minimum Gasteiger partial charge on any atom is -0.458 e. The zero-order valence-corrected chi connectivity index (χ0v) is 13.0. The van der Waals surface area contributed by atoms with Crippen LogP contribution in [0.2, 0.25) is 0 Å². The van der Waals surface area contributed by atoms with Crippen LogP contribution in [0.5, 0.6) is 5.75 Å². The molecule has 0 radical (unpaired) electrons. The minimum absolute atomic E-state index is 0.172. The zero-order valence-electron chi connectivity index (χ0n) is 12.2. The Kier molecular flexibility index (Phi) is 3.58. The van der Waals surface area contributed by atoms with Crippen molar-refractivity contribution < 1.29 is 13.2 Å². The quantitative estimate of drug-likeness (QED) is 0.803. The lowest BCUT2D eigenvalue weighted by Gasteiger charge is -2.17. The van der Waals surface area contributed by atoms with E-state index in [1.165, 1.54) is 6.20 Å². The van der Waals surface area contributed by atoms with E-state index in [4.69, 9.17) is 4.74 Å². The van der Waals surface area contributed by atoms with Crippen molar-refractivity contribution >= 4 is 20.7 Å². The van der Waals surface area contributed by atoms with Crippen LogP contribution in [-0.4, -0.2) is 43.1 Å². The summed E-state index contributed by atoms with van der Waals surface area (Å²) in [6, 6.07) is 5.27. The van der Waals surface area contributed by atoms with Crippen molar-refractivity contribution in [3.63, 3.8) is 0 Å². The molecule has 0 fully saturated rings. The van der Waals surface area contributed by atoms with E-state index in [0.29, 0.717) is 11.3 Å². The second kappa shape index (κ2) is 5.42. The maximum absolute atomic E-state index is 11.5. The second-order valence-corrected chi connectivity index (χ2v) is 7.02. The van der Waals surface area contributed by atoms with E-state index in [2.05, 4.69) is 9.97 Å². The van der Waals surface area contributed by atoms with Crippen LogP contribution in [0.4, 0.5) is 0 Å². The van der Waals surface area contributed by atoms with Crippen LogP contribution in [0.15, 0.2) is 53.7 Å². The first-order valence-electron chi connectivity index (χ1n) is 6.65. The molecule has 7 heteroatoms. The lowest BCUT2D eigenvalue weighted by Crippen LogP contribution is -2.15. The minimum atomic E-state index is -3.41. The number of likely N-dealkylation sites (N-methyl/N-ethyl adjacent to an activating group) is 1. The molecule has 114 valence electrons. The van der Waals surface area contributed by atoms with Crippen molar-refractivity contribution in [2.45, 2.75) is 5.16 Å². The Morgan fingerprint density at radius 2 is 2.14 bits per heavy atom. The lowest BCUT2D eigenvalue weighted by atomic mass is 10.2. The first-order valence-corrected chi connectivity index (χ1v) is 8.54. The van der Waals surface area contributed by atoms with Gasteiger partial charge >= 0.3 is 0 Å². The number of benzene rings is 1. The summed E-state index contributed by atoms with van der Waals surface area (Å²) in [5.41, 5.74) is 0.565. The molecule has 0 unspecified atom stereocenters. The predicted molar refractivity (Wildman–Crippen MR) is 83.1 cm³/mol. The third-order valence-electron chi connectivity index (χ3n) is 3.17. The molecule has 0 aliphatic carbocycles. The molecule has 2 aromatic rings. The summed E-state index contributed by atoms with van der Waals surface area (Å²) in [6.07, 6.45) is 8.39. The Morgan fingerprint density at radius 3 is 2.82 bits per heavy atom. The van der Waals surface area contributed by atoms with Crippen LogP contribution in [0.1, 0.15) is 0 Å². The monoisotopic (exact) mass is 317 g/mol. The molecule has 0 spiro atoms. The molecule has 1 aromatic carbocycles. The van der Waals surface area contributed by atoms with Crippen molar-refractivity contribution in [1.29, 1.82) is 0 Å². The summed E-state index contributed by atoms with van der Waals surface area (Å²) in [5.74, 6) is 1.43. The van der Waals surface area contributed by atoms with Crippen molar-refractivity contribution in [2.24, 2.45) is 0 Å². The predicted octanol–water partition coefficient (Wildman–Crippen LogP) is 1.76. The fraction of sp³-hybridized carbons (Fsp3) is 0.200. The van der Waals surface area contributed by atoms with Crippen LogP contribution in [0.25, 0.3) is 10.9 Å². The van der Waals surface area contributed by atoms with Gasteiger partial charge in [0, 0.05) is 37.6 Å². The lowest BCUT2D eigenvalue weighted by molar-refractivity contribution is 0.416. The first kappa shape index (κ1) is 14.5. The van der Waals surface area contributed by atoms with Crippen molar-refractivity contribution in [3.05, 3.63) is 48.5 Å². The molecule has 22 heavy (non-hydrogen) atoms. The van der Waals surface area contributed by atoms with Crippen LogP contribution in [-0.2, 0) is 9.84 Å². The number of ether oxygens (including phenoxy) is 1. The van der Waals surface area contributed by atoms with Gasteiger partial charge in [-0.05, 0) is 30.4 Å². The molecule has 0 saturated heterocycles. The summed E-state index contributed by atoms with van der Waals surface area (Å²) in [5, 5.41) is 0.553. The van der Waals surface area contributed by atoms with Crippen LogP contribution in [0.3, 0.4) is 0 Å². The zero-order chi connectivity index (χ0) is 15.7. The molecule has 3 rings (SSSR count). The number of sulfone groups is 1. The van der Waals surface area contributed by atoms with E-state index >= 15 is 0 Å². The molecule has 0 atom stereocenters. The number of fused-ring (bicyclic) bond motifs is 1. The van der Waals surface area contributed by atoms with Crippen molar-refractivity contribution in [3.8, 4) is 5.75 Å². The van der Waals surface area contributed by atoms with Gasteiger partial charge in [-0.1, -0.05) is 0 Å². The highest BCUT2D eigenvalue weighted by atomic mass is 32.2. The van der Waals surface area contributed by atoms with Gasteiger partial charge in [-0.15, -0.1) is 0 Å². The average molecular weight is 317 g/mol. The van der Waals surface area contributed by atoms with Gasteiger partial charge in [0.1, 0.15) is 11.5 Å². The molecule has 0 bridgehead atoms. The highest BCUT2D eigenvalue weighted by Crippen LogP contribution is 2.22. The number of aromatic nitrogens is 2.